The fourth-order valence-electron chi connectivity index (χ4n) is 2.54. The first-order valence-corrected chi connectivity index (χ1v) is 8.85. The van der Waals surface area contributed by atoms with Crippen LogP contribution in [0.25, 0.3) is 5.57 Å². The molecular weight excluding hydrogens is 388 g/mol. The molecule has 2 aromatic rings. The summed E-state index contributed by atoms with van der Waals surface area (Å²) in [5, 5.41) is 2.56. The van der Waals surface area contributed by atoms with E-state index < -0.39 is 35.9 Å². The molecule has 0 heterocycles. The Morgan fingerprint density at radius 1 is 1.03 bits per heavy atom. The van der Waals surface area contributed by atoms with E-state index in [0.29, 0.717) is 11.6 Å². The number of likely N-dealkylation sites (N-methyl/N-ethyl adjacent to an activating group) is 1. The van der Waals surface area contributed by atoms with Gasteiger partial charge in [-0.05, 0) is 30.2 Å². The summed E-state index contributed by atoms with van der Waals surface area (Å²) >= 11 is 0. The highest BCUT2D eigenvalue weighted by atomic mass is 19.4. The molecule has 0 fully saturated rings. The molecule has 8 heteroatoms. The first-order chi connectivity index (χ1) is 13.7. The molecule has 0 radical (unpaired) electrons. The van der Waals surface area contributed by atoms with Crippen molar-refractivity contribution in [3.63, 3.8) is 0 Å². The van der Waals surface area contributed by atoms with E-state index in [4.69, 9.17) is 0 Å². The molecule has 29 heavy (non-hydrogen) atoms. The Labute approximate surface area is 165 Å². The quantitative estimate of drug-likeness (QED) is 0.557. The SMILES string of the molecule is CCN(CC(=O)NCc1ccc(F)cc1)C(=O)/C=C(/c1ccccc1)C(F)(F)F. The van der Waals surface area contributed by atoms with Gasteiger partial charge in [-0.1, -0.05) is 42.5 Å². The van der Waals surface area contributed by atoms with Crippen molar-refractivity contribution in [2.75, 3.05) is 13.1 Å². The molecule has 1 N–H and O–H groups in total. The summed E-state index contributed by atoms with van der Waals surface area (Å²) in [6.45, 7) is 1.33. The van der Waals surface area contributed by atoms with Crippen LogP contribution in [0.15, 0.2) is 60.7 Å². The number of hydrogen-bond donors (Lipinski definition) is 1. The normalized spacial score (nSPS) is 11.8. The van der Waals surface area contributed by atoms with E-state index in [2.05, 4.69) is 5.32 Å². The summed E-state index contributed by atoms with van der Waals surface area (Å²) in [4.78, 5) is 25.5. The van der Waals surface area contributed by atoms with E-state index in [1.54, 1.807) is 13.0 Å². The minimum Gasteiger partial charge on any atom is -0.350 e. The lowest BCUT2D eigenvalue weighted by atomic mass is 10.0. The van der Waals surface area contributed by atoms with Gasteiger partial charge in [0, 0.05) is 19.2 Å². The van der Waals surface area contributed by atoms with E-state index in [9.17, 15) is 27.2 Å². The third-order valence-corrected chi connectivity index (χ3v) is 4.09. The van der Waals surface area contributed by atoms with Gasteiger partial charge in [-0.3, -0.25) is 9.59 Å². The lowest BCUT2D eigenvalue weighted by molar-refractivity contribution is -0.132. The molecule has 0 saturated carbocycles. The number of alkyl halides is 3. The lowest BCUT2D eigenvalue weighted by Crippen LogP contribution is -2.40. The fourth-order valence-corrected chi connectivity index (χ4v) is 2.54. The number of nitrogens with one attached hydrogen (secondary N) is 1. The molecule has 154 valence electrons. The molecule has 0 aromatic heterocycles. The maximum absolute atomic E-state index is 13.4. The van der Waals surface area contributed by atoms with Crippen molar-refractivity contribution in [1.82, 2.24) is 10.2 Å². The first-order valence-electron chi connectivity index (χ1n) is 8.85. The molecule has 0 spiro atoms. The van der Waals surface area contributed by atoms with Gasteiger partial charge in [-0.25, -0.2) is 4.39 Å². The molecule has 0 atom stereocenters. The highest BCUT2D eigenvalue weighted by Crippen LogP contribution is 2.33. The van der Waals surface area contributed by atoms with Crippen molar-refractivity contribution < 1.29 is 27.2 Å². The number of amides is 2. The predicted octanol–water partition coefficient (Wildman–Crippen LogP) is 3.94. The number of benzene rings is 2. The van der Waals surface area contributed by atoms with Crippen LogP contribution < -0.4 is 5.32 Å². The van der Waals surface area contributed by atoms with Gasteiger partial charge in [0.25, 0.3) is 0 Å². The maximum atomic E-state index is 13.4. The van der Waals surface area contributed by atoms with Crippen molar-refractivity contribution in [2.45, 2.75) is 19.6 Å². The van der Waals surface area contributed by atoms with Crippen molar-refractivity contribution in [2.24, 2.45) is 0 Å². The molecule has 0 aliphatic heterocycles. The molecule has 2 rings (SSSR count). The third-order valence-electron chi connectivity index (χ3n) is 4.09. The van der Waals surface area contributed by atoms with Crippen LogP contribution in [0.5, 0.6) is 0 Å². The van der Waals surface area contributed by atoms with E-state index in [-0.39, 0.29) is 18.7 Å². The number of nitrogens with zero attached hydrogens (tertiary/aromatic N) is 1. The number of rotatable bonds is 7. The number of halogens is 4. The van der Waals surface area contributed by atoms with E-state index >= 15 is 0 Å². The van der Waals surface area contributed by atoms with Crippen molar-refractivity contribution >= 4 is 17.4 Å². The summed E-state index contributed by atoms with van der Waals surface area (Å²) in [7, 11) is 0. The number of hydrogen-bond acceptors (Lipinski definition) is 2. The number of allylic oxidation sites excluding steroid dienone is 1. The zero-order valence-electron chi connectivity index (χ0n) is 15.7. The fraction of sp³-hybridized carbons (Fsp3) is 0.238. The summed E-state index contributed by atoms with van der Waals surface area (Å²) in [5.74, 6) is -1.86. The van der Waals surface area contributed by atoms with Crippen molar-refractivity contribution in [1.29, 1.82) is 0 Å². The molecule has 0 saturated heterocycles. The monoisotopic (exact) mass is 408 g/mol. The van der Waals surface area contributed by atoms with E-state index in [0.717, 1.165) is 4.90 Å². The number of carbonyl (C=O) groups excluding carboxylic acids is 2. The molecule has 0 aliphatic rings. The second-order valence-corrected chi connectivity index (χ2v) is 6.18. The average molecular weight is 408 g/mol. The van der Waals surface area contributed by atoms with Crippen molar-refractivity contribution in [3.8, 4) is 0 Å². The van der Waals surface area contributed by atoms with Gasteiger partial charge in [-0.15, -0.1) is 0 Å². The molecule has 0 aliphatic carbocycles. The second-order valence-electron chi connectivity index (χ2n) is 6.18. The Morgan fingerprint density at radius 3 is 2.21 bits per heavy atom. The maximum Gasteiger partial charge on any atom is 0.417 e. The summed E-state index contributed by atoms with van der Waals surface area (Å²) in [6, 6.07) is 12.5. The minimum absolute atomic E-state index is 0.0548. The minimum atomic E-state index is -4.72. The first kappa shape index (κ1) is 22.1. The van der Waals surface area contributed by atoms with Crippen LogP contribution in [0, 0.1) is 5.82 Å². The van der Waals surface area contributed by atoms with Gasteiger partial charge in [0.1, 0.15) is 5.82 Å². The highest BCUT2D eigenvalue weighted by Gasteiger charge is 2.35. The molecule has 4 nitrogen and oxygen atoms in total. The average Bonchev–Trinajstić information content (AvgIpc) is 2.69. The molecule has 0 unspecified atom stereocenters. The standard InChI is InChI=1S/C21H20F4N2O2/c1-2-27(14-19(28)26-13-15-8-10-17(22)11-9-15)20(29)12-18(21(23,24)25)16-6-4-3-5-7-16/h3-12H,2,13-14H2,1H3,(H,26,28)/b18-12-. The van der Waals surface area contributed by atoms with Crippen LogP contribution >= 0.6 is 0 Å². The Balaban J connectivity index is 2.07. The summed E-state index contributed by atoms with van der Waals surface area (Å²) in [5.41, 5.74) is -0.559. The van der Waals surface area contributed by atoms with Gasteiger partial charge < -0.3 is 10.2 Å². The third kappa shape index (κ3) is 6.74. The Morgan fingerprint density at radius 2 is 1.66 bits per heavy atom. The van der Waals surface area contributed by atoms with Gasteiger partial charge >= 0.3 is 6.18 Å². The van der Waals surface area contributed by atoms with Gasteiger partial charge in [0.2, 0.25) is 11.8 Å². The molecule has 2 aromatic carbocycles. The smallest absolute Gasteiger partial charge is 0.350 e. The van der Waals surface area contributed by atoms with Crippen LogP contribution in [0.3, 0.4) is 0 Å². The van der Waals surface area contributed by atoms with Gasteiger partial charge in [0.05, 0.1) is 12.1 Å². The number of carbonyl (C=O) groups is 2. The Hall–Kier alpha value is -3.16. The zero-order valence-corrected chi connectivity index (χ0v) is 15.7. The second kappa shape index (κ2) is 9.86. The highest BCUT2D eigenvalue weighted by molar-refractivity contribution is 5.98. The molecule has 2 amide bonds. The largest absolute Gasteiger partial charge is 0.417 e. The lowest BCUT2D eigenvalue weighted by Gasteiger charge is -2.20. The van der Waals surface area contributed by atoms with E-state index in [1.165, 1.54) is 48.5 Å². The topological polar surface area (TPSA) is 49.4 Å². The summed E-state index contributed by atoms with van der Waals surface area (Å²) in [6.07, 6.45) is -4.21. The zero-order chi connectivity index (χ0) is 21.4. The van der Waals surface area contributed by atoms with Gasteiger partial charge in [0.15, 0.2) is 0 Å². The predicted molar refractivity (Wildman–Crippen MR) is 101 cm³/mol. The van der Waals surface area contributed by atoms with Crippen LogP contribution in [0.2, 0.25) is 0 Å². The van der Waals surface area contributed by atoms with Crippen LogP contribution in [-0.4, -0.2) is 36.0 Å². The molecule has 0 bridgehead atoms. The van der Waals surface area contributed by atoms with E-state index in [1.807, 2.05) is 0 Å². The molecular formula is C21H20F4N2O2. The summed E-state index contributed by atoms with van der Waals surface area (Å²) < 4.78 is 53.0. The van der Waals surface area contributed by atoms with Crippen LogP contribution in [0.1, 0.15) is 18.1 Å². The Kier molecular flexibility index (Phi) is 7.52. The van der Waals surface area contributed by atoms with Gasteiger partial charge in [-0.2, -0.15) is 13.2 Å². The van der Waals surface area contributed by atoms with Crippen molar-refractivity contribution in [3.05, 3.63) is 77.6 Å². The van der Waals surface area contributed by atoms with Crippen LogP contribution in [-0.2, 0) is 16.1 Å². The van der Waals surface area contributed by atoms with Crippen LogP contribution in [0.4, 0.5) is 17.6 Å². The Bertz CT molecular complexity index is 862.